The Balaban J connectivity index is 0.000000288. The molecule has 0 amide bonds. The van der Waals surface area contributed by atoms with Crippen molar-refractivity contribution in [2.75, 3.05) is 26.4 Å². The van der Waals surface area contributed by atoms with Gasteiger partial charge in [-0.3, -0.25) is 4.79 Å². The predicted molar refractivity (Wildman–Crippen MR) is 142 cm³/mol. The molecule has 0 radical (unpaired) electrons. The number of carbonyl (C=O) groups is 1. The minimum atomic E-state index is -2.37. The molecular weight excluding hydrogens is 462 g/mol. The summed E-state index contributed by atoms with van der Waals surface area (Å²) in [7, 11) is 0. The Bertz CT molecular complexity index is 1010. The van der Waals surface area contributed by atoms with Crippen LogP contribution in [0.4, 0.5) is 0 Å². The molecule has 3 saturated heterocycles. The van der Waals surface area contributed by atoms with Crippen LogP contribution in [0.5, 0.6) is 0 Å². The van der Waals surface area contributed by atoms with Crippen LogP contribution in [-0.4, -0.2) is 50.4 Å². The van der Waals surface area contributed by atoms with E-state index in [1.54, 1.807) is 0 Å². The third-order valence-electron chi connectivity index (χ3n) is 7.24. The van der Waals surface area contributed by atoms with Crippen LogP contribution in [0.25, 0.3) is 11.0 Å². The molecule has 194 valence electrons. The SMILES string of the molecule is C1CCOC1.C1CCOC1.CC1(C)O[B-]2(OC(=O)C(c3ccccc3)=C2c2ccccc2)OC1(C)C.[Li+]. The molecule has 4 heterocycles. The fourth-order valence-corrected chi connectivity index (χ4v) is 4.66. The minimum Gasteiger partial charge on any atom is -0.636 e. The van der Waals surface area contributed by atoms with Crippen molar-refractivity contribution in [3.05, 3.63) is 71.8 Å². The van der Waals surface area contributed by atoms with E-state index in [9.17, 15) is 4.79 Å². The first-order valence-electron chi connectivity index (χ1n) is 13.0. The Hall–Kier alpha value is -1.85. The van der Waals surface area contributed by atoms with Crippen LogP contribution in [0.1, 0.15) is 64.5 Å². The number of hydrogen-bond donors (Lipinski definition) is 0. The number of carbonyl (C=O) groups excluding carboxylic acids is 1. The maximum absolute atomic E-state index is 12.9. The third-order valence-corrected chi connectivity index (χ3v) is 7.24. The molecule has 2 aromatic carbocycles. The Kier molecular flexibility index (Phi) is 10.3. The van der Waals surface area contributed by atoms with Crippen LogP contribution in [0.15, 0.2) is 60.7 Å². The van der Waals surface area contributed by atoms with Crippen molar-refractivity contribution in [2.45, 2.75) is 64.6 Å². The Morgan fingerprint density at radius 3 is 1.43 bits per heavy atom. The molecule has 0 atom stereocenters. The average Bonchev–Trinajstić information content (AvgIpc) is 3.65. The molecule has 0 unspecified atom stereocenters. The zero-order valence-corrected chi connectivity index (χ0v) is 23.0. The molecule has 0 bridgehead atoms. The second-order valence-electron chi connectivity index (χ2n) is 10.5. The molecule has 6 nitrogen and oxygen atoms in total. The first-order chi connectivity index (χ1) is 17.3. The van der Waals surface area contributed by atoms with E-state index in [0.29, 0.717) is 11.0 Å². The molecular formula is C29H38BLiO6. The molecule has 37 heavy (non-hydrogen) atoms. The van der Waals surface area contributed by atoms with Crippen LogP contribution < -0.4 is 18.9 Å². The molecule has 0 saturated carbocycles. The first-order valence-corrected chi connectivity index (χ1v) is 13.0. The van der Waals surface area contributed by atoms with Gasteiger partial charge >= 0.3 is 25.6 Å². The number of hydrogen-bond acceptors (Lipinski definition) is 6. The second-order valence-corrected chi connectivity index (χ2v) is 10.5. The van der Waals surface area contributed by atoms with Crippen molar-refractivity contribution in [2.24, 2.45) is 0 Å². The summed E-state index contributed by atoms with van der Waals surface area (Å²) in [5, 5.41) is 0. The van der Waals surface area contributed by atoms with Gasteiger partial charge in [0.15, 0.2) is 0 Å². The van der Waals surface area contributed by atoms with E-state index >= 15 is 0 Å². The molecule has 6 rings (SSSR count). The summed E-state index contributed by atoms with van der Waals surface area (Å²) in [6.07, 6.45) is 5.11. The van der Waals surface area contributed by atoms with Crippen molar-refractivity contribution in [1.29, 1.82) is 0 Å². The van der Waals surface area contributed by atoms with Crippen LogP contribution in [0.2, 0.25) is 0 Å². The van der Waals surface area contributed by atoms with E-state index in [1.807, 2.05) is 88.4 Å². The Labute approximate surface area is 233 Å². The maximum Gasteiger partial charge on any atom is 1.00 e. The summed E-state index contributed by atoms with van der Waals surface area (Å²) in [6, 6.07) is 19.2. The van der Waals surface area contributed by atoms with E-state index in [4.69, 9.17) is 23.4 Å². The molecule has 4 aliphatic heterocycles. The summed E-state index contributed by atoms with van der Waals surface area (Å²) in [6.45, 7) is 9.46. The second kappa shape index (κ2) is 12.8. The summed E-state index contributed by atoms with van der Waals surface area (Å²) < 4.78 is 28.4. The zero-order valence-electron chi connectivity index (χ0n) is 23.0. The monoisotopic (exact) mass is 500 g/mol. The van der Waals surface area contributed by atoms with E-state index in [0.717, 1.165) is 37.6 Å². The molecule has 2 aromatic rings. The Morgan fingerprint density at radius 2 is 1.05 bits per heavy atom. The average molecular weight is 500 g/mol. The van der Waals surface area contributed by atoms with Gasteiger partial charge < -0.3 is 23.4 Å². The van der Waals surface area contributed by atoms with Crippen LogP contribution in [-0.2, 0) is 28.2 Å². The Morgan fingerprint density at radius 1 is 0.649 bits per heavy atom. The van der Waals surface area contributed by atoms with Crippen molar-refractivity contribution >= 4 is 23.8 Å². The summed E-state index contributed by atoms with van der Waals surface area (Å²) >= 11 is 0. The first kappa shape index (κ1) is 29.7. The summed E-state index contributed by atoms with van der Waals surface area (Å²) in [5.74, 6) is -0.413. The van der Waals surface area contributed by atoms with Crippen LogP contribution in [0.3, 0.4) is 0 Å². The van der Waals surface area contributed by atoms with Gasteiger partial charge in [-0.15, -0.1) is 0 Å². The van der Waals surface area contributed by atoms with Crippen molar-refractivity contribution < 1.29 is 47.1 Å². The molecule has 0 aromatic heterocycles. The largest absolute Gasteiger partial charge is 1.00 e. The predicted octanol–water partition coefficient (Wildman–Crippen LogP) is 2.83. The fourth-order valence-electron chi connectivity index (χ4n) is 4.66. The van der Waals surface area contributed by atoms with Crippen LogP contribution >= 0.6 is 0 Å². The third kappa shape index (κ3) is 6.78. The topological polar surface area (TPSA) is 63.2 Å². The van der Waals surface area contributed by atoms with Gasteiger partial charge in [-0.1, -0.05) is 71.7 Å². The van der Waals surface area contributed by atoms with Gasteiger partial charge in [0.25, 0.3) is 5.97 Å². The van der Waals surface area contributed by atoms with E-state index in [2.05, 4.69) is 0 Å². The standard InChI is InChI=1S/C21H22BO4.2C4H8O.Li/c1-20(2)21(3,4)26-22(25-20)18(16-13-9-6-10-14-16)17(19(23)24-22)15-11-7-5-8-12-15;2*1-2-4-5-3-1;/h5-14H,1-4H3;2*1-4H2;/q-1;;;+1. The van der Waals surface area contributed by atoms with Gasteiger partial charge in [0.1, 0.15) is 0 Å². The van der Waals surface area contributed by atoms with E-state index < -0.39 is 23.9 Å². The molecule has 0 aliphatic carbocycles. The van der Waals surface area contributed by atoms with Gasteiger partial charge in [-0.2, -0.15) is 0 Å². The van der Waals surface area contributed by atoms with Crippen molar-refractivity contribution in [1.82, 2.24) is 0 Å². The zero-order chi connectivity index (χ0) is 25.7. The normalized spacial score (nSPS) is 22.4. The molecule has 4 aliphatic rings. The molecule has 3 fully saturated rings. The van der Waals surface area contributed by atoms with Gasteiger partial charge in [0.05, 0.1) is 0 Å². The van der Waals surface area contributed by atoms with Gasteiger partial charge in [-0.25, -0.2) is 0 Å². The van der Waals surface area contributed by atoms with Crippen molar-refractivity contribution in [3.63, 3.8) is 0 Å². The quantitative estimate of drug-likeness (QED) is 0.592. The van der Waals surface area contributed by atoms with E-state index in [1.165, 1.54) is 25.7 Å². The van der Waals surface area contributed by atoms with Gasteiger partial charge in [0.2, 0.25) is 0 Å². The maximum atomic E-state index is 12.9. The minimum absolute atomic E-state index is 0. The smallest absolute Gasteiger partial charge is 0.636 e. The number of ether oxygens (including phenoxy) is 2. The van der Waals surface area contributed by atoms with E-state index in [-0.39, 0.29) is 18.9 Å². The number of rotatable bonds is 2. The summed E-state index contributed by atoms with van der Waals surface area (Å²) in [5.41, 5.74) is 1.63. The molecule has 0 N–H and O–H groups in total. The molecule has 8 heteroatoms. The van der Waals surface area contributed by atoms with Crippen molar-refractivity contribution in [3.8, 4) is 0 Å². The fraction of sp³-hybridized carbons (Fsp3) is 0.483. The van der Waals surface area contributed by atoms with Gasteiger partial charge in [0, 0.05) is 43.2 Å². The number of benzene rings is 2. The van der Waals surface area contributed by atoms with Crippen LogP contribution in [0, 0.1) is 0 Å². The summed E-state index contributed by atoms with van der Waals surface area (Å²) in [4.78, 5) is 12.9. The van der Waals surface area contributed by atoms with Gasteiger partial charge in [-0.05, 0) is 58.9 Å². The molecule has 1 spiro atoms.